The van der Waals surface area contributed by atoms with Gasteiger partial charge in [-0.25, -0.2) is 0 Å². The average molecular weight is 331 g/mol. The minimum absolute atomic E-state index is 0.503. The van der Waals surface area contributed by atoms with E-state index in [1.54, 1.807) is 0 Å². The number of halogens is 1. The lowest BCUT2D eigenvalue weighted by Crippen LogP contribution is -2.42. The maximum atomic E-state index is 3.61. The SMILES string of the molecule is CC(C)N(CC1CCCN1)C(C)c1cc(Br)cs1. The molecule has 2 nitrogen and oxygen atoms in total. The van der Waals surface area contributed by atoms with Crippen LogP contribution in [-0.4, -0.2) is 30.1 Å². The number of rotatable bonds is 5. The third-order valence-electron chi connectivity index (χ3n) is 3.75. The predicted molar refractivity (Wildman–Crippen MR) is 83.3 cm³/mol. The van der Waals surface area contributed by atoms with Gasteiger partial charge in [-0.05, 0) is 62.2 Å². The molecule has 0 aromatic carbocycles. The number of hydrogen-bond acceptors (Lipinski definition) is 3. The van der Waals surface area contributed by atoms with E-state index < -0.39 is 0 Å². The molecule has 2 atom stereocenters. The minimum atomic E-state index is 0.503. The fourth-order valence-electron chi connectivity index (χ4n) is 2.69. The molecule has 1 saturated heterocycles. The van der Waals surface area contributed by atoms with Crippen LogP contribution in [0.2, 0.25) is 0 Å². The van der Waals surface area contributed by atoms with Crippen LogP contribution in [0.3, 0.4) is 0 Å². The Labute approximate surface area is 123 Å². The minimum Gasteiger partial charge on any atom is -0.313 e. The van der Waals surface area contributed by atoms with Gasteiger partial charge in [0.15, 0.2) is 0 Å². The molecule has 1 N–H and O–H groups in total. The lowest BCUT2D eigenvalue weighted by Gasteiger charge is -2.34. The van der Waals surface area contributed by atoms with Crippen molar-refractivity contribution in [3.63, 3.8) is 0 Å². The Morgan fingerprint density at radius 1 is 1.50 bits per heavy atom. The highest BCUT2D eigenvalue weighted by atomic mass is 79.9. The van der Waals surface area contributed by atoms with E-state index in [4.69, 9.17) is 0 Å². The van der Waals surface area contributed by atoms with Gasteiger partial charge in [0, 0.05) is 39.4 Å². The fraction of sp³-hybridized carbons (Fsp3) is 0.714. The molecular formula is C14H23BrN2S. The van der Waals surface area contributed by atoms with Gasteiger partial charge in [0.1, 0.15) is 0 Å². The zero-order chi connectivity index (χ0) is 13.1. The number of nitrogens with one attached hydrogen (secondary N) is 1. The molecule has 0 radical (unpaired) electrons. The van der Waals surface area contributed by atoms with Gasteiger partial charge in [0.2, 0.25) is 0 Å². The highest BCUT2D eigenvalue weighted by molar-refractivity contribution is 9.10. The van der Waals surface area contributed by atoms with Crippen LogP contribution in [0.5, 0.6) is 0 Å². The van der Waals surface area contributed by atoms with Crippen molar-refractivity contribution in [1.29, 1.82) is 0 Å². The van der Waals surface area contributed by atoms with E-state index >= 15 is 0 Å². The summed E-state index contributed by atoms with van der Waals surface area (Å²) in [5.41, 5.74) is 0. The molecule has 0 aliphatic carbocycles. The molecule has 18 heavy (non-hydrogen) atoms. The Bertz CT molecular complexity index is 372. The third-order valence-corrected chi connectivity index (χ3v) is 5.62. The molecule has 1 aromatic rings. The van der Waals surface area contributed by atoms with E-state index in [9.17, 15) is 0 Å². The molecule has 1 aliphatic rings. The average Bonchev–Trinajstić information content (AvgIpc) is 2.95. The van der Waals surface area contributed by atoms with Gasteiger partial charge in [-0.1, -0.05) is 0 Å². The molecule has 2 unspecified atom stereocenters. The molecule has 0 amide bonds. The largest absolute Gasteiger partial charge is 0.313 e. The quantitative estimate of drug-likeness (QED) is 0.876. The first-order chi connectivity index (χ1) is 8.58. The van der Waals surface area contributed by atoms with Crippen molar-refractivity contribution in [3.8, 4) is 0 Å². The summed E-state index contributed by atoms with van der Waals surface area (Å²) in [6, 6.07) is 4.03. The van der Waals surface area contributed by atoms with Gasteiger partial charge in [-0.15, -0.1) is 11.3 Å². The van der Waals surface area contributed by atoms with Crippen LogP contribution in [0, 0.1) is 0 Å². The van der Waals surface area contributed by atoms with Crippen LogP contribution in [0.25, 0.3) is 0 Å². The van der Waals surface area contributed by atoms with Crippen molar-refractivity contribution in [3.05, 3.63) is 20.8 Å². The van der Waals surface area contributed by atoms with Gasteiger partial charge in [-0.3, -0.25) is 4.90 Å². The summed E-state index contributed by atoms with van der Waals surface area (Å²) >= 11 is 5.41. The normalized spacial score (nSPS) is 22.0. The van der Waals surface area contributed by atoms with Crippen molar-refractivity contribution >= 4 is 27.3 Å². The van der Waals surface area contributed by atoms with Gasteiger partial charge in [0.25, 0.3) is 0 Å². The first kappa shape index (κ1) is 14.5. The molecule has 102 valence electrons. The van der Waals surface area contributed by atoms with Crippen LogP contribution in [0.1, 0.15) is 44.5 Å². The van der Waals surface area contributed by atoms with Crippen LogP contribution < -0.4 is 5.32 Å². The molecule has 2 rings (SSSR count). The summed E-state index contributed by atoms with van der Waals surface area (Å²) in [5, 5.41) is 5.78. The summed E-state index contributed by atoms with van der Waals surface area (Å²) in [4.78, 5) is 4.06. The van der Waals surface area contributed by atoms with E-state index in [2.05, 4.69) is 58.4 Å². The van der Waals surface area contributed by atoms with Crippen LogP contribution in [-0.2, 0) is 0 Å². The van der Waals surface area contributed by atoms with E-state index in [-0.39, 0.29) is 0 Å². The van der Waals surface area contributed by atoms with Crippen LogP contribution in [0.4, 0.5) is 0 Å². The third kappa shape index (κ3) is 3.56. The van der Waals surface area contributed by atoms with E-state index in [1.165, 1.54) is 28.7 Å². The Hall–Kier alpha value is 0.1000. The standard InChI is InChI=1S/C14H23BrN2S/c1-10(2)17(8-13-5-4-6-16-13)11(3)14-7-12(15)9-18-14/h7,9-11,13,16H,4-6,8H2,1-3H3. The molecule has 0 saturated carbocycles. The predicted octanol–water partition coefficient (Wildman–Crippen LogP) is 4.03. The number of hydrogen-bond donors (Lipinski definition) is 1. The fourth-order valence-corrected chi connectivity index (χ4v) is 4.22. The maximum Gasteiger partial charge on any atom is 0.0417 e. The van der Waals surface area contributed by atoms with E-state index in [1.807, 2.05) is 11.3 Å². The Kier molecular flexibility index (Phi) is 5.24. The second-order valence-electron chi connectivity index (χ2n) is 5.43. The monoisotopic (exact) mass is 330 g/mol. The molecule has 4 heteroatoms. The summed E-state index contributed by atoms with van der Waals surface area (Å²) < 4.78 is 1.21. The van der Waals surface area contributed by atoms with E-state index in [0.29, 0.717) is 18.1 Å². The Morgan fingerprint density at radius 2 is 2.28 bits per heavy atom. The van der Waals surface area contributed by atoms with Crippen LogP contribution in [0.15, 0.2) is 15.9 Å². The van der Waals surface area contributed by atoms with Crippen molar-refractivity contribution in [2.24, 2.45) is 0 Å². The first-order valence-electron chi connectivity index (χ1n) is 6.81. The molecule has 0 bridgehead atoms. The molecule has 1 aromatic heterocycles. The molecule has 1 aliphatic heterocycles. The van der Waals surface area contributed by atoms with Crippen molar-refractivity contribution in [2.75, 3.05) is 13.1 Å². The number of thiophene rings is 1. The topological polar surface area (TPSA) is 15.3 Å². The summed E-state index contributed by atoms with van der Waals surface area (Å²) in [6.45, 7) is 9.28. The first-order valence-corrected chi connectivity index (χ1v) is 8.48. The van der Waals surface area contributed by atoms with E-state index in [0.717, 1.165) is 6.54 Å². The molecule has 0 spiro atoms. The van der Waals surface area contributed by atoms with Gasteiger partial charge in [-0.2, -0.15) is 0 Å². The summed E-state index contributed by atoms with van der Waals surface area (Å²) in [6.07, 6.45) is 2.65. The lowest BCUT2D eigenvalue weighted by atomic mass is 10.1. The molecule has 1 fully saturated rings. The van der Waals surface area contributed by atoms with Crippen LogP contribution >= 0.6 is 27.3 Å². The Morgan fingerprint density at radius 3 is 2.78 bits per heavy atom. The molecular weight excluding hydrogens is 308 g/mol. The Balaban J connectivity index is 2.04. The van der Waals surface area contributed by atoms with Crippen molar-refractivity contribution < 1.29 is 0 Å². The lowest BCUT2D eigenvalue weighted by molar-refractivity contribution is 0.152. The smallest absolute Gasteiger partial charge is 0.0417 e. The maximum absolute atomic E-state index is 3.61. The highest BCUT2D eigenvalue weighted by Crippen LogP contribution is 2.30. The summed E-state index contributed by atoms with van der Waals surface area (Å²) in [5.74, 6) is 0. The molecule has 2 heterocycles. The van der Waals surface area contributed by atoms with Crippen molar-refractivity contribution in [2.45, 2.75) is 51.7 Å². The zero-order valence-corrected chi connectivity index (χ0v) is 13.9. The van der Waals surface area contributed by atoms with Gasteiger partial charge < -0.3 is 5.32 Å². The number of nitrogens with zero attached hydrogens (tertiary/aromatic N) is 1. The second kappa shape index (κ2) is 6.51. The van der Waals surface area contributed by atoms with Gasteiger partial charge in [0.05, 0.1) is 0 Å². The van der Waals surface area contributed by atoms with Gasteiger partial charge >= 0.3 is 0 Å². The second-order valence-corrected chi connectivity index (χ2v) is 7.29. The zero-order valence-electron chi connectivity index (χ0n) is 11.4. The highest BCUT2D eigenvalue weighted by Gasteiger charge is 2.24. The van der Waals surface area contributed by atoms with Crippen molar-refractivity contribution in [1.82, 2.24) is 10.2 Å². The summed E-state index contributed by atoms with van der Waals surface area (Å²) in [7, 11) is 0.